The number of rotatable bonds is 8. The quantitative estimate of drug-likeness (QED) is 0.621. The first kappa shape index (κ1) is 23.4. The van der Waals surface area contributed by atoms with Crippen LogP contribution in [-0.2, 0) is 14.8 Å². The van der Waals surface area contributed by atoms with Gasteiger partial charge in [0.1, 0.15) is 17.9 Å². The number of sulfonamides is 1. The molecule has 0 aliphatic carbocycles. The van der Waals surface area contributed by atoms with Gasteiger partial charge in [-0.15, -0.1) is 0 Å². The first-order valence-electron chi connectivity index (χ1n) is 10.1. The third kappa shape index (κ3) is 5.90. The lowest BCUT2D eigenvalue weighted by atomic mass is 10.0. The van der Waals surface area contributed by atoms with Crippen LogP contribution in [0.1, 0.15) is 20.3 Å². The highest BCUT2D eigenvalue weighted by molar-refractivity contribution is 7.89. The molecule has 0 aromatic heterocycles. The Morgan fingerprint density at radius 1 is 1.16 bits per heavy atom. The van der Waals surface area contributed by atoms with Crippen molar-refractivity contribution in [1.82, 2.24) is 4.72 Å². The van der Waals surface area contributed by atoms with E-state index in [4.69, 9.17) is 19.5 Å². The second-order valence-corrected chi connectivity index (χ2v) is 9.18. The van der Waals surface area contributed by atoms with Gasteiger partial charge >= 0.3 is 0 Å². The van der Waals surface area contributed by atoms with Crippen LogP contribution >= 0.6 is 0 Å². The first-order valence-corrected chi connectivity index (χ1v) is 11.6. The number of carbonyl (C=O) groups excluding carboxylic acids is 1. The summed E-state index contributed by atoms with van der Waals surface area (Å²) in [4.78, 5) is 12.9. The second kappa shape index (κ2) is 10.3. The summed E-state index contributed by atoms with van der Waals surface area (Å²) in [5.41, 5.74) is 0.422. The molecule has 1 amide bonds. The largest absolute Gasteiger partial charge is 0.490 e. The second-order valence-electron chi connectivity index (χ2n) is 7.47. The fraction of sp³-hybridized carbons (Fsp3) is 0.364. The van der Waals surface area contributed by atoms with E-state index in [0.717, 1.165) is 0 Å². The normalized spacial score (nSPS) is 14.2. The van der Waals surface area contributed by atoms with Gasteiger partial charge in [-0.05, 0) is 30.2 Å². The maximum atomic E-state index is 13.0. The molecule has 9 nitrogen and oxygen atoms in total. The summed E-state index contributed by atoms with van der Waals surface area (Å²) < 4.78 is 44.9. The Hall–Kier alpha value is -3.29. The van der Waals surface area contributed by atoms with E-state index < -0.39 is 22.0 Å². The molecule has 0 saturated carbocycles. The van der Waals surface area contributed by atoms with Crippen LogP contribution in [0.3, 0.4) is 0 Å². The lowest BCUT2D eigenvalue weighted by Gasteiger charge is -2.22. The third-order valence-electron chi connectivity index (χ3n) is 4.67. The monoisotopic (exact) mass is 459 g/mol. The number of nitrogens with zero attached hydrogens (tertiary/aromatic N) is 1. The minimum atomic E-state index is -4.01. The van der Waals surface area contributed by atoms with Crippen LogP contribution in [0.5, 0.6) is 17.2 Å². The van der Waals surface area contributed by atoms with Crippen LogP contribution in [0.25, 0.3) is 0 Å². The molecule has 2 aromatic carbocycles. The molecular formula is C22H25N3O6S. The molecule has 1 heterocycles. The number of fused-ring (bicyclic) bond motifs is 1. The van der Waals surface area contributed by atoms with E-state index in [1.165, 1.54) is 12.1 Å². The first-order chi connectivity index (χ1) is 15.3. The molecule has 1 unspecified atom stereocenters. The number of amides is 1. The molecule has 1 aliphatic heterocycles. The summed E-state index contributed by atoms with van der Waals surface area (Å²) in [5, 5.41) is 11.3. The Labute approximate surface area is 187 Å². The van der Waals surface area contributed by atoms with Crippen LogP contribution in [0.4, 0.5) is 5.69 Å². The number of hydrogen-bond acceptors (Lipinski definition) is 7. The van der Waals surface area contributed by atoms with E-state index >= 15 is 0 Å². The van der Waals surface area contributed by atoms with Gasteiger partial charge < -0.3 is 19.5 Å². The molecular weight excluding hydrogens is 434 g/mol. The summed E-state index contributed by atoms with van der Waals surface area (Å²) in [5.74, 6) is 0.403. The van der Waals surface area contributed by atoms with Crippen molar-refractivity contribution in [1.29, 1.82) is 5.26 Å². The zero-order valence-electron chi connectivity index (χ0n) is 17.8. The minimum Gasteiger partial charge on any atom is -0.490 e. The molecule has 0 radical (unpaired) electrons. The van der Waals surface area contributed by atoms with Crippen molar-refractivity contribution in [3.63, 3.8) is 0 Å². The number of carbonyl (C=O) groups is 1. The zero-order valence-corrected chi connectivity index (χ0v) is 18.6. The van der Waals surface area contributed by atoms with Gasteiger partial charge in [-0.2, -0.15) is 9.98 Å². The van der Waals surface area contributed by atoms with Crippen molar-refractivity contribution >= 4 is 21.6 Å². The Balaban J connectivity index is 1.76. The number of benzene rings is 2. The predicted octanol–water partition coefficient (Wildman–Crippen LogP) is 2.69. The molecule has 2 N–H and O–H groups in total. The highest BCUT2D eigenvalue weighted by Gasteiger charge is 2.29. The van der Waals surface area contributed by atoms with Gasteiger partial charge in [-0.3, -0.25) is 4.79 Å². The molecule has 0 spiro atoms. The van der Waals surface area contributed by atoms with Gasteiger partial charge in [0.05, 0.1) is 18.1 Å². The van der Waals surface area contributed by atoms with Gasteiger partial charge in [0.2, 0.25) is 15.9 Å². The van der Waals surface area contributed by atoms with E-state index in [2.05, 4.69) is 10.0 Å². The standard InChI is InChI=1S/C22H25N3O6S/c1-15(2)21(22(26)24-16-5-3-6-17(13-16)29-12-9-23)25-32(27,28)18-7-8-19-20(14-18)31-11-4-10-30-19/h3,5-8,13-15,21,25H,4,10-12H2,1-2H3,(H,24,26). The van der Waals surface area contributed by atoms with E-state index in [-0.39, 0.29) is 17.4 Å². The highest BCUT2D eigenvalue weighted by Crippen LogP contribution is 2.32. The van der Waals surface area contributed by atoms with Crippen molar-refractivity contribution in [3.8, 4) is 23.3 Å². The number of nitrogens with one attached hydrogen (secondary N) is 2. The minimum absolute atomic E-state index is 0.0212. The van der Waals surface area contributed by atoms with Crippen LogP contribution in [0.2, 0.25) is 0 Å². The molecule has 0 saturated heterocycles. The molecule has 0 bridgehead atoms. The Morgan fingerprint density at radius 2 is 1.91 bits per heavy atom. The van der Waals surface area contributed by atoms with Gasteiger partial charge in [0, 0.05) is 24.2 Å². The van der Waals surface area contributed by atoms with Crippen LogP contribution in [-0.4, -0.2) is 40.2 Å². The summed E-state index contributed by atoms with van der Waals surface area (Å²) in [6.07, 6.45) is 0.702. The number of anilines is 1. The molecule has 32 heavy (non-hydrogen) atoms. The maximum absolute atomic E-state index is 13.0. The van der Waals surface area contributed by atoms with Gasteiger partial charge in [0.25, 0.3) is 0 Å². The summed E-state index contributed by atoms with van der Waals surface area (Å²) in [6, 6.07) is 11.7. The van der Waals surface area contributed by atoms with Crippen LogP contribution in [0.15, 0.2) is 47.4 Å². The third-order valence-corrected chi connectivity index (χ3v) is 6.10. The van der Waals surface area contributed by atoms with Crippen molar-refractivity contribution in [3.05, 3.63) is 42.5 Å². The lowest BCUT2D eigenvalue weighted by molar-refractivity contribution is -0.118. The van der Waals surface area contributed by atoms with Gasteiger partial charge in [-0.1, -0.05) is 19.9 Å². The van der Waals surface area contributed by atoms with Gasteiger partial charge in [-0.25, -0.2) is 8.42 Å². The summed E-state index contributed by atoms with van der Waals surface area (Å²) in [6.45, 7) is 4.29. The summed E-state index contributed by atoms with van der Waals surface area (Å²) >= 11 is 0. The Kier molecular flexibility index (Phi) is 7.56. The van der Waals surface area contributed by atoms with Crippen molar-refractivity contribution in [2.45, 2.75) is 31.2 Å². The Bertz CT molecular complexity index is 1110. The van der Waals surface area contributed by atoms with E-state index in [1.54, 1.807) is 44.2 Å². The number of ether oxygens (including phenoxy) is 3. The number of hydrogen-bond donors (Lipinski definition) is 2. The molecule has 0 fully saturated rings. The molecule has 3 rings (SSSR count). The SMILES string of the molecule is CC(C)C(NS(=O)(=O)c1ccc2c(c1)OCCCO2)C(=O)Nc1cccc(OCC#N)c1. The van der Waals surface area contributed by atoms with E-state index in [9.17, 15) is 13.2 Å². The molecule has 170 valence electrons. The lowest BCUT2D eigenvalue weighted by Crippen LogP contribution is -2.47. The fourth-order valence-electron chi connectivity index (χ4n) is 3.04. The fourth-order valence-corrected chi connectivity index (χ4v) is 4.40. The zero-order chi connectivity index (χ0) is 23.1. The van der Waals surface area contributed by atoms with Crippen molar-refractivity contribution < 1.29 is 27.4 Å². The predicted molar refractivity (Wildman–Crippen MR) is 117 cm³/mol. The number of nitriles is 1. The summed E-state index contributed by atoms with van der Waals surface area (Å²) in [7, 11) is -4.01. The average molecular weight is 460 g/mol. The maximum Gasteiger partial charge on any atom is 0.242 e. The van der Waals surface area contributed by atoms with Crippen molar-refractivity contribution in [2.75, 3.05) is 25.1 Å². The molecule has 1 aliphatic rings. The Morgan fingerprint density at radius 3 is 2.62 bits per heavy atom. The van der Waals surface area contributed by atoms with Crippen LogP contribution < -0.4 is 24.2 Å². The van der Waals surface area contributed by atoms with Gasteiger partial charge in [0.15, 0.2) is 18.1 Å². The molecule has 10 heteroatoms. The topological polar surface area (TPSA) is 127 Å². The van der Waals surface area contributed by atoms with Crippen molar-refractivity contribution in [2.24, 2.45) is 5.92 Å². The molecule has 2 aromatic rings. The average Bonchev–Trinajstić information content (AvgIpc) is 3.01. The highest BCUT2D eigenvalue weighted by atomic mass is 32.2. The van der Waals surface area contributed by atoms with Crippen LogP contribution in [0, 0.1) is 17.2 Å². The smallest absolute Gasteiger partial charge is 0.242 e. The van der Waals surface area contributed by atoms with E-state index in [1.807, 2.05) is 6.07 Å². The van der Waals surface area contributed by atoms with E-state index in [0.29, 0.717) is 42.6 Å². The molecule has 1 atom stereocenters.